The van der Waals surface area contributed by atoms with E-state index in [0.29, 0.717) is 18.5 Å². The summed E-state index contributed by atoms with van der Waals surface area (Å²) >= 11 is 1.50. The minimum Gasteiger partial charge on any atom is -0.446 e. The van der Waals surface area contributed by atoms with Crippen LogP contribution in [0.15, 0.2) is 35.7 Å². The number of halogens is 1. The van der Waals surface area contributed by atoms with Crippen LogP contribution in [0, 0.1) is 5.82 Å². The molecule has 1 N–H and O–H groups in total. The van der Waals surface area contributed by atoms with Crippen LogP contribution in [0.25, 0.3) is 0 Å². The van der Waals surface area contributed by atoms with Gasteiger partial charge in [0.05, 0.1) is 0 Å². The molecule has 2 bridgehead atoms. The van der Waals surface area contributed by atoms with Crippen LogP contribution in [-0.2, 0) is 11.2 Å². The highest BCUT2D eigenvalue weighted by molar-refractivity contribution is 7.14. The van der Waals surface area contributed by atoms with Crippen molar-refractivity contribution in [2.45, 2.75) is 50.3 Å². The predicted octanol–water partition coefficient (Wildman–Crippen LogP) is 4.33. The molecule has 4 rings (SSSR count). The van der Waals surface area contributed by atoms with Gasteiger partial charge in [0.1, 0.15) is 16.9 Å². The van der Waals surface area contributed by atoms with Crippen molar-refractivity contribution < 1.29 is 13.9 Å². The van der Waals surface area contributed by atoms with Crippen molar-refractivity contribution in [1.82, 2.24) is 5.32 Å². The van der Waals surface area contributed by atoms with Gasteiger partial charge in [0.15, 0.2) is 0 Å². The van der Waals surface area contributed by atoms with Crippen LogP contribution in [0.1, 0.15) is 36.8 Å². The molecule has 0 radical (unpaired) electrons. The third kappa shape index (κ3) is 3.76. The third-order valence-electron chi connectivity index (χ3n) is 5.28. The molecule has 2 unspecified atom stereocenters. The Kier molecular flexibility index (Phi) is 4.96. The molecule has 1 aromatic carbocycles. The Hall–Kier alpha value is -1.92. The number of anilines is 1. The Labute approximate surface area is 157 Å². The standard InChI is InChI=1S/C20H23FN2O2S/c1-23(20(24)25-18-11-16-5-6-17(12-18)22-16)19-14(7-8-26-19)9-13-3-2-4-15(21)10-13/h2-4,7-8,10,16-18,22H,5-6,9,11-12H2,1H3. The summed E-state index contributed by atoms with van der Waals surface area (Å²) in [5.74, 6) is -0.243. The van der Waals surface area contributed by atoms with Crippen LogP contribution >= 0.6 is 11.3 Å². The van der Waals surface area contributed by atoms with E-state index in [2.05, 4.69) is 5.32 Å². The van der Waals surface area contributed by atoms with Crippen LogP contribution in [0.3, 0.4) is 0 Å². The van der Waals surface area contributed by atoms with Gasteiger partial charge >= 0.3 is 6.09 Å². The predicted molar refractivity (Wildman–Crippen MR) is 101 cm³/mol. The van der Waals surface area contributed by atoms with Gasteiger partial charge in [0, 0.05) is 25.6 Å². The van der Waals surface area contributed by atoms with E-state index >= 15 is 0 Å². The fraction of sp³-hybridized carbons (Fsp3) is 0.450. The summed E-state index contributed by atoms with van der Waals surface area (Å²) in [4.78, 5) is 14.2. The van der Waals surface area contributed by atoms with E-state index in [0.717, 1.165) is 29.0 Å². The van der Waals surface area contributed by atoms with Crippen molar-refractivity contribution in [3.05, 3.63) is 52.7 Å². The fourth-order valence-corrected chi connectivity index (χ4v) is 4.91. The molecule has 3 heterocycles. The number of piperidine rings is 1. The summed E-state index contributed by atoms with van der Waals surface area (Å²) in [5, 5.41) is 6.37. The number of carbonyl (C=O) groups excluding carboxylic acids is 1. The van der Waals surface area contributed by atoms with Gasteiger partial charge in [-0.1, -0.05) is 12.1 Å². The minimum atomic E-state index is -0.306. The summed E-state index contributed by atoms with van der Waals surface area (Å²) in [7, 11) is 1.75. The van der Waals surface area contributed by atoms with Gasteiger partial charge in [-0.25, -0.2) is 9.18 Å². The molecule has 2 aliphatic heterocycles. The number of hydrogen-bond donors (Lipinski definition) is 1. The highest BCUT2D eigenvalue weighted by Crippen LogP contribution is 2.32. The minimum absolute atomic E-state index is 0.00432. The summed E-state index contributed by atoms with van der Waals surface area (Å²) < 4.78 is 19.2. The monoisotopic (exact) mass is 374 g/mol. The molecule has 6 heteroatoms. The van der Waals surface area contributed by atoms with E-state index in [1.165, 1.54) is 36.3 Å². The average Bonchev–Trinajstić information content (AvgIpc) is 3.20. The summed E-state index contributed by atoms with van der Waals surface area (Å²) in [6.07, 6.45) is 4.43. The molecule has 2 atom stereocenters. The van der Waals surface area contributed by atoms with E-state index in [1.54, 1.807) is 18.0 Å². The lowest BCUT2D eigenvalue weighted by Gasteiger charge is -2.30. The van der Waals surface area contributed by atoms with Crippen LogP contribution in [0.4, 0.5) is 14.2 Å². The van der Waals surface area contributed by atoms with Gasteiger partial charge < -0.3 is 10.1 Å². The largest absolute Gasteiger partial charge is 0.446 e. The number of nitrogens with zero attached hydrogens (tertiary/aromatic N) is 1. The number of nitrogens with one attached hydrogen (secondary N) is 1. The molecule has 1 amide bonds. The highest BCUT2D eigenvalue weighted by Gasteiger charge is 2.35. The second-order valence-electron chi connectivity index (χ2n) is 7.23. The van der Waals surface area contributed by atoms with Crippen LogP contribution < -0.4 is 10.2 Å². The molecule has 2 fully saturated rings. The number of carbonyl (C=O) groups is 1. The maximum absolute atomic E-state index is 13.4. The number of hydrogen-bond acceptors (Lipinski definition) is 4. The van der Waals surface area contributed by atoms with E-state index in [-0.39, 0.29) is 18.0 Å². The molecule has 2 aromatic rings. The van der Waals surface area contributed by atoms with E-state index in [9.17, 15) is 9.18 Å². The Balaban J connectivity index is 1.42. The number of rotatable bonds is 4. The number of amides is 1. The topological polar surface area (TPSA) is 41.6 Å². The molecule has 1 aromatic heterocycles. The van der Waals surface area contributed by atoms with Gasteiger partial charge in [-0.15, -0.1) is 11.3 Å². The summed E-state index contributed by atoms with van der Waals surface area (Å²) in [6.45, 7) is 0. The molecule has 0 saturated carbocycles. The lowest BCUT2D eigenvalue weighted by molar-refractivity contribution is 0.0731. The second kappa shape index (κ2) is 7.37. The molecule has 0 aliphatic carbocycles. The SMILES string of the molecule is CN(C(=O)OC1CC2CCC(C1)N2)c1sccc1Cc1cccc(F)c1. The van der Waals surface area contributed by atoms with Crippen molar-refractivity contribution in [3.63, 3.8) is 0 Å². The lowest BCUT2D eigenvalue weighted by atomic mass is 10.0. The maximum atomic E-state index is 13.4. The van der Waals surface area contributed by atoms with Gasteiger partial charge in [-0.2, -0.15) is 0 Å². The second-order valence-corrected chi connectivity index (χ2v) is 8.13. The van der Waals surface area contributed by atoms with E-state index in [1.807, 2.05) is 17.5 Å². The highest BCUT2D eigenvalue weighted by atomic mass is 32.1. The number of benzene rings is 1. The van der Waals surface area contributed by atoms with Crippen LogP contribution in [0.2, 0.25) is 0 Å². The Morgan fingerprint density at radius 3 is 2.81 bits per heavy atom. The number of thiophene rings is 1. The summed E-state index contributed by atoms with van der Waals surface area (Å²) in [5.41, 5.74) is 1.90. The average molecular weight is 374 g/mol. The molecular weight excluding hydrogens is 351 g/mol. The molecule has 0 spiro atoms. The Bertz CT molecular complexity index is 782. The van der Waals surface area contributed by atoms with E-state index < -0.39 is 0 Å². The third-order valence-corrected chi connectivity index (χ3v) is 6.31. The first-order chi connectivity index (χ1) is 12.6. The molecule has 26 heavy (non-hydrogen) atoms. The number of fused-ring (bicyclic) bond motifs is 2. The van der Waals surface area contributed by atoms with Gasteiger partial charge in [0.2, 0.25) is 0 Å². The van der Waals surface area contributed by atoms with Gasteiger partial charge in [0.25, 0.3) is 0 Å². The first-order valence-corrected chi connectivity index (χ1v) is 9.97. The molecule has 2 aliphatic rings. The Morgan fingerprint density at radius 2 is 2.08 bits per heavy atom. The van der Waals surface area contributed by atoms with Crippen molar-refractivity contribution in [2.75, 3.05) is 11.9 Å². The van der Waals surface area contributed by atoms with Gasteiger partial charge in [-0.05, 0) is 60.4 Å². The molecule has 138 valence electrons. The van der Waals surface area contributed by atoms with Crippen molar-refractivity contribution in [1.29, 1.82) is 0 Å². The first-order valence-electron chi connectivity index (χ1n) is 9.09. The summed E-state index contributed by atoms with van der Waals surface area (Å²) in [6, 6.07) is 9.54. The number of ether oxygens (including phenoxy) is 1. The zero-order valence-electron chi connectivity index (χ0n) is 14.8. The normalized spacial score (nSPS) is 24.5. The molecule has 4 nitrogen and oxygen atoms in total. The molecular formula is C20H23FN2O2S. The van der Waals surface area contributed by atoms with Crippen LogP contribution in [-0.4, -0.2) is 31.3 Å². The van der Waals surface area contributed by atoms with E-state index in [4.69, 9.17) is 4.74 Å². The van der Waals surface area contributed by atoms with Gasteiger partial charge in [-0.3, -0.25) is 4.90 Å². The molecule has 2 saturated heterocycles. The zero-order chi connectivity index (χ0) is 18.1. The Morgan fingerprint density at radius 1 is 1.31 bits per heavy atom. The first kappa shape index (κ1) is 17.5. The maximum Gasteiger partial charge on any atom is 0.414 e. The van der Waals surface area contributed by atoms with Crippen molar-refractivity contribution in [3.8, 4) is 0 Å². The smallest absolute Gasteiger partial charge is 0.414 e. The quantitative estimate of drug-likeness (QED) is 0.866. The van der Waals surface area contributed by atoms with Crippen molar-refractivity contribution in [2.24, 2.45) is 0 Å². The fourth-order valence-electron chi connectivity index (χ4n) is 4.03. The lowest BCUT2D eigenvalue weighted by Crippen LogP contribution is -2.43. The van der Waals surface area contributed by atoms with Crippen molar-refractivity contribution >= 4 is 22.4 Å². The zero-order valence-corrected chi connectivity index (χ0v) is 15.6. The van der Waals surface area contributed by atoms with Crippen LogP contribution in [0.5, 0.6) is 0 Å².